The van der Waals surface area contributed by atoms with Crippen molar-refractivity contribution in [3.8, 4) is 5.75 Å². The summed E-state index contributed by atoms with van der Waals surface area (Å²) in [6.07, 6.45) is 1.77. The van der Waals surface area contributed by atoms with Crippen LogP contribution in [0.2, 0.25) is 0 Å². The lowest BCUT2D eigenvalue weighted by atomic mass is 10.1. The highest BCUT2D eigenvalue weighted by Crippen LogP contribution is 2.31. The second kappa shape index (κ2) is 4.47. The van der Waals surface area contributed by atoms with Gasteiger partial charge in [-0.2, -0.15) is 0 Å². The Morgan fingerprint density at radius 3 is 3.11 bits per heavy atom. The van der Waals surface area contributed by atoms with Gasteiger partial charge in [-0.25, -0.2) is 0 Å². The zero-order chi connectivity index (χ0) is 12.5. The average Bonchev–Trinajstić information content (AvgIpc) is 2.75. The van der Waals surface area contributed by atoms with Gasteiger partial charge in [-0.15, -0.1) is 0 Å². The van der Waals surface area contributed by atoms with Crippen LogP contribution in [0.25, 0.3) is 0 Å². The lowest BCUT2D eigenvalue weighted by molar-refractivity contribution is -0.0170. The number of hydrogen-bond acceptors (Lipinski definition) is 5. The number of anilines is 1. The Balaban J connectivity index is 2.03. The standard InChI is InChI=1S/C12H12N2O3S/c13-10-3-8(5-14-1-2-18-12(14)15)11-9(4-10)6-16-7-17-11/h1-4H,5-7,13H2. The van der Waals surface area contributed by atoms with Crippen LogP contribution in [-0.2, 0) is 17.9 Å². The maximum Gasteiger partial charge on any atom is 0.307 e. The number of aromatic nitrogens is 1. The van der Waals surface area contributed by atoms with Crippen molar-refractivity contribution in [2.24, 2.45) is 0 Å². The molecule has 0 saturated carbocycles. The molecule has 0 aliphatic carbocycles. The van der Waals surface area contributed by atoms with Crippen molar-refractivity contribution in [2.45, 2.75) is 13.2 Å². The van der Waals surface area contributed by atoms with Gasteiger partial charge < -0.3 is 19.8 Å². The monoisotopic (exact) mass is 264 g/mol. The van der Waals surface area contributed by atoms with E-state index in [-0.39, 0.29) is 11.7 Å². The van der Waals surface area contributed by atoms with Gasteiger partial charge in [0.25, 0.3) is 0 Å². The minimum atomic E-state index is 0.0123. The molecule has 3 rings (SSSR count). The first kappa shape index (κ1) is 11.3. The first-order valence-electron chi connectivity index (χ1n) is 5.50. The molecule has 0 fully saturated rings. The van der Waals surface area contributed by atoms with Gasteiger partial charge in [-0.05, 0) is 12.1 Å². The normalized spacial score (nSPS) is 14.0. The van der Waals surface area contributed by atoms with E-state index in [1.807, 2.05) is 12.1 Å². The smallest absolute Gasteiger partial charge is 0.307 e. The second-order valence-electron chi connectivity index (χ2n) is 4.08. The third-order valence-electron chi connectivity index (χ3n) is 2.79. The predicted octanol–water partition coefficient (Wildman–Crippen LogP) is 1.41. The van der Waals surface area contributed by atoms with Crippen LogP contribution in [0.15, 0.2) is 28.5 Å². The quantitative estimate of drug-likeness (QED) is 0.833. The lowest BCUT2D eigenvalue weighted by Gasteiger charge is -2.21. The zero-order valence-electron chi connectivity index (χ0n) is 9.59. The van der Waals surface area contributed by atoms with Gasteiger partial charge in [0.2, 0.25) is 0 Å². The second-order valence-corrected chi connectivity index (χ2v) is 4.93. The van der Waals surface area contributed by atoms with Gasteiger partial charge in [-0.1, -0.05) is 11.3 Å². The maximum absolute atomic E-state index is 11.6. The molecule has 0 saturated heterocycles. The van der Waals surface area contributed by atoms with Gasteiger partial charge in [0.1, 0.15) is 5.75 Å². The van der Waals surface area contributed by atoms with E-state index in [2.05, 4.69) is 0 Å². The van der Waals surface area contributed by atoms with Crippen LogP contribution in [-0.4, -0.2) is 11.4 Å². The van der Waals surface area contributed by atoms with Crippen LogP contribution in [0.5, 0.6) is 5.75 Å². The first-order chi connectivity index (χ1) is 8.74. The minimum Gasteiger partial charge on any atom is -0.467 e. The van der Waals surface area contributed by atoms with Crippen LogP contribution in [0, 0.1) is 0 Å². The summed E-state index contributed by atoms with van der Waals surface area (Å²) in [5.41, 5.74) is 8.35. The van der Waals surface area contributed by atoms with E-state index in [0.29, 0.717) is 18.8 Å². The lowest BCUT2D eigenvalue weighted by Crippen LogP contribution is -2.17. The van der Waals surface area contributed by atoms with Gasteiger partial charge in [0.05, 0.1) is 13.2 Å². The largest absolute Gasteiger partial charge is 0.467 e. The van der Waals surface area contributed by atoms with Crippen molar-refractivity contribution in [1.29, 1.82) is 0 Å². The summed E-state index contributed by atoms with van der Waals surface area (Å²) in [7, 11) is 0. The van der Waals surface area contributed by atoms with E-state index < -0.39 is 0 Å². The Labute approximate surface area is 107 Å². The van der Waals surface area contributed by atoms with E-state index in [1.165, 1.54) is 11.3 Å². The van der Waals surface area contributed by atoms with Gasteiger partial charge >= 0.3 is 4.87 Å². The molecule has 2 heterocycles. The van der Waals surface area contributed by atoms with Crippen LogP contribution in [0.3, 0.4) is 0 Å². The number of rotatable bonds is 2. The van der Waals surface area contributed by atoms with Crippen LogP contribution in [0.1, 0.15) is 11.1 Å². The molecule has 0 bridgehead atoms. The van der Waals surface area contributed by atoms with Crippen LogP contribution >= 0.6 is 11.3 Å². The van der Waals surface area contributed by atoms with Crippen molar-refractivity contribution >= 4 is 17.0 Å². The Kier molecular flexibility index (Phi) is 2.81. The molecule has 1 aliphatic heterocycles. The molecule has 1 aromatic carbocycles. The molecule has 6 heteroatoms. The number of nitrogens with zero attached hydrogens (tertiary/aromatic N) is 1. The predicted molar refractivity (Wildman–Crippen MR) is 68.8 cm³/mol. The number of nitrogen functional groups attached to an aromatic ring is 1. The Hall–Kier alpha value is -1.79. The van der Waals surface area contributed by atoms with Crippen molar-refractivity contribution in [1.82, 2.24) is 4.57 Å². The minimum absolute atomic E-state index is 0.0123. The molecule has 0 amide bonds. The third-order valence-corrected chi connectivity index (χ3v) is 3.49. The summed E-state index contributed by atoms with van der Waals surface area (Å²) in [4.78, 5) is 11.6. The summed E-state index contributed by atoms with van der Waals surface area (Å²) in [5, 5.41) is 1.77. The van der Waals surface area contributed by atoms with Gasteiger partial charge in [0, 0.05) is 28.4 Å². The topological polar surface area (TPSA) is 66.5 Å². The number of benzene rings is 1. The molecular weight excluding hydrogens is 252 g/mol. The number of nitrogens with two attached hydrogens (primary N) is 1. The Morgan fingerprint density at radius 2 is 2.33 bits per heavy atom. The Bertz CT molecular complexity index is 632. The molecule has 2 N–H and O–H groups in total. The summed E-state index contributed by atoms with van der Waals surface area (Å²) >= 11 is 1.18. The van der Waals surface area contributed by atoms with Crippen LogP contribution in [0.4, 0.5) is 5.69 Å². The van der Waals surface area contributed by atoms with E-state index >= 15 is 0 Å². The molecule has 2 aromatic rings. The molecular formula is C12H12N2O3S. The van der Waals surface area contributed by atoms with E-state index in [0.717, 1.165) is 16.9 Å². The summed E-state index contributed by atoms with van der Waals surface area (Å²) in [6.45, 7) is 1.20. The summed E-state index contributed by atoms with van der Waals surface area (Å²) in [6, 6.07) is 3.68. The van der Waals surface area contributed by atoms with Gasteiger partial charge in [0.15, 0.2) is 6.79 Å². The molecule has 0 atom stereocenters. The molecule has 18 heavy (non-hydrogen) atoms. The summed E-state index contributed by atoms with van der Waals surface area (Å²) in [5.74, 6) is 0.786. The van der Waals surface area contributed by atoms with E-state index in [9.17, 15) is 4.79 Å². The van der Waals surface area contributed by atoms with Crippen molar-refractivity contribution < 1.29 is 9.47 Å². The molecule has 94 valence electrons. The SMILES string of the molecule is Nc1cc2c(c(Cn3ccsc3=O)c1)OCOC2. The fourth-order valence-electron chi connectivity index (χ4n) is 2.04. The van der Waals surface area contributed by atoms with E-state index in [4.69, 9.17) is 15.2 Å². The van der Waals surface area contributed by atoms with Gasteiger partial charge in [-0.3, -0.25) is 4.79 Å². The number of fused-ring (bicyclic) bond motifs is 1. The highest BCUT2D eigenvalue weighted by atomic mass is 32.1. The van der Waals surface area contributed by atoms with E-state index in [1.54, 1.807) is 16.1 Å². The molecule has 5 nitrogen and oxygen atoms in total. The van der Waals surface area contributed by atoms with Crippen molar-refractivity contribution in [2.75, 3.05) is 12.5 Å². The molecule has 0 radical (unpaired) electrons. The summed E-state index contributed by atoms with van der Waals surface area (Å²) < 4.78 is 12.4. The van der Waals surface area contributed by atoms with Crippen LogP contribution < -0.4 is 15.3 Å². The molecule has 0 spiro atoms. The molecule has 1 aromatic heterocycles. The average molecular weight is 264 g/mol. The highest BCUT2D eigenvalue weighted by Gasteiger charge is 2.16. The fourth-order valence-corrected chi connectivity index (χ4v) is 2.62. The van der Waals surface area contributed by atoms with Crippen molar-refractivity contribution in [3.05, 3.63) is 44.5 Å². The highest BCUT2D eigenvalue weighted by molar-refractivity contribution is 7.07. The number of hydrogen-bond donors (Lipinski definition) is 1. The fraction of sp³-hybridized carbons (Fsp3) is 0.250. The number of ether oxygens (including phenoxy) is 2. The maximum atomic E-state index is 11.6. The van der Waals surface area contributed by atoms with Crippen molar-refractivity contribution in [3.63, 3.8) is 0 Å². The first-order valence-corrected chi connectivity index (χ1v) is 6.38. The molecule has 1 aliphatic rings. The Morgan fingerprint density at radius 1 is 1.44 bits per heavy atom. The molecule has 0 unspecified atom stereocenters. The third kappa shape index (κ3) is 2.00. The zero-order valence-corrected chi connectivity index (χ0v) is 10.4. The number of thiazole rings is 1.